The molecule has 2 saturated heterocycles. The summed E-state index contributed by atoms with van der Waals surface area (Å²) < 4.78 is 11.3. The second-order valence-corrected chi connectivity index (χ2v) is 6.11. The van der Waals surface area contributed by atoms with E-state index in [1.165, 1.54) is 0 Å². The van der Waals surface area contributed by atoms with Crippen molar-refractivity contribution in [2.45, 2.75) is 25.0 Å². The summed E-state index contributed by atoms with van der Waals surface area (Å²) in [5.74, 6) is -0.243. The highest BCUT2D eigenvalue weighted by Crippen LogP contribution is 2.31. The molecule has 1 amide bonds. The van der Waals surface area contributed by atoms with Gasteiger partial charge in [0.25, 0.3) is 0 Å². The van der Waals surface area contributed by atoms with Gasteiger partial charge in [-0.15, -0.1) is 0 Å². The molecule has 0 atom stereocenters. The normalized spacial score (nSPS) is 20.3. The van der Waals surface area contributed by atoms with Crippen LogP contribution in [0.25, 0.3) is 0 Å². The number of halogens is 1. The molecule has 3 rings (SSSR count). The molecular formula is C16H21ClN2O3. The summed E-state index contributed by atoms with van der Waals surface area (Å²) in [5.41, 5.74) is 0.975. The first-order chi connectivity index (χ1) is 10.7. The summed E-state index contributed by atoms with van der Waals surface area (Å²) >= 11 is 5.84. The van der Waals surface area contributed by atoms with E-state index in [0.717, 1.165) is 18.5 Å². The van der Waals surface area contributed by atoms with Gasteiger partial charge in [0.15, 0.2) is 5.79 Å². The van der Waals surface area contributed by atoms with Crippen LogP contribution in [0.2, 0.25) is 5.02 Å². The molecule has 2 aliphatic heterocycles. The maximum atomic E-state index is 12.2. The van der Waals surface area contributed by atoms with Crippen LogP contribution in [0.5, 0.6) is 0 Å². The molecule has 1 aromatic rings. The average molecular weight is 325 g/mol. The fourth-order valence-electron chi connectivity index (χ4n) is 2.92. The van der Waals surface area contributed by atoms with E-state index < -0.39 is 5.79 Å². The Morgan fingerprint density at radius 2 is 1.82 bits per heavy atom. The molecule has 1 aromatic carbocycles. The lowest BCUT2D eigenvalue weighted by Crippen LogP contribution is -2.47. The molecule has 0 saturated carbocycles. The van der Waals surface area contributed by atoms with Crippen molar-refractivity contribution >= 4 is 23.2 Å². The Bertz CT molecular complexity index is 505. The van der Waals surface area contributed by atoms with Crippen LogP contribution in [0, 0.1) is 0 Å². The predicted molar refractivity (Wildman–Crippen MR) is 85.0 cm³/mol. The van der Waals surface area contributed by atoms with Gasteiger partial charge in [-0.05, 0) is 24.3 Å². The van der Waals surface area contributed by atoms with Crippen molar-refractivity contribution in [1.82, 2.24) is 4.90 Å². The zero-order valence-electron chi connectivity index (χ0n) is 12.5. The topological polar surface area (TPSA) is 50.8 Å². The highest BCUT2D eigenvalue weighted by molar-refractivity contribution is 6.30. The van der Waals surface area contributed by atoms with Crippen LogP contribution in [0.1, 0.15) is 19.3 Å². The monoisotopic (exact) mass is 324 g/mol. The number of benzene rings is 1. The maximum absolute atomic E-state index is 12.2. The number of rotatable bonds is 4. The molecule has 0 bridgehead atoms. The van der Waals surface area contributed by atoms with Gasteiger partial charge < -0.3 is 19.7 Å². The Morgan fingerprint density at radius 1 is 1.18 bits per heavy atom. The lowest BCUT2D eigenvalue weighted by molar-refractivity contribution is -0.187. The van der Waals surface area contributed by atoms with Crippen molar-refractivity contribution in [2.24, 2.45) is 0 Å². The van der Waals surface area contributed by atoms with E-state index in [1.54, 1.807) is 0 Å². The number of nitrogens with zero attached hydrogens (tertiary/aromatic N) is 1. The smallest absolute Gasteiger partial charge is 0.224 e. The van der Waals surface area contributed by atoms with Crippen LogP contribution in [-0.2, 0) is 14.3 Å². The highest BCUT2D eigenvalue weighted by Gasteiger charge is 2.40. The first-order valence-corrected chi connectivity index (χ1v) is 8.10. The Labute approximate surface area is 135 Å². The van der Waals surface area contributed by atoms with Gasteiger partial charge in [-0.3, -0.25) is 4.79 Å². The van der Waals surface area contributed by atoms with Gasteiger partial charge in [-0.25, -0.2) is 0 Å². The third-order valence-electron chi connectivity index (χ3n) is 4.20. The molecule has 6 heteroatoms. The van der Waals surface area contributed by atoms with Crippen LogP contribution < -0.4 is 5.32 Å². The SMILES string of the molecule is O=C(CCNc1ccc(Cl)cc1)N1CCC2(CC1)OCCO2. The van der Waals surface area contributed by atoms with Crippen molar-refractivity contribution in [2.75, 3.05) is 38.2 Å². The largest absolute Gasteiger partial charge is 0.385 e. The van der Waals surface area contributed by atoms with Crippen LogP contribution >= 0.6 is 11.6 Å². The molecule has 0 unspecified atom stereocenters. The zero-order chi connectivity index (χ0) is 15.4. The molecule has 1 spiro atoms. The van der Waals surface area contributed by atoms with E-state index in [4.69, 9.17) is 21.1 Å². The van der Waals surface area contributed by atoms with Crippen LogP contribution in [0.15, 0.2) is 24.3 Å². The van der Waals surface area contributed by atoms with Gasteiger partial charge in [0.1, 0.15) is 0 Å². The van der Waals surface area contributed by atoms with Crippen molar-refractivity contribution in [3.05, 3.63) is 29.3 Å². The summed E-state index contributed by atoms with van der Waals surface area (Å²) in [4.78, 5) is 14.1. The average Bonchev–Trinajstić information content (AvgIpc) is 2.98. The number of nitrogens with one attached hydrogen (secondary N) is 1. The van der Waals surface area contributed by atoms with Crippen LogP contribution in [0.3, 0.4) is 0 Å². The third-order valence-corrected chi connectivity index (χ3v) is 4.46. The molecular weight excluding hydrogens is 304 g/mol. The van der Waals surface area contributed by atoms with Gasteiger partial charge >= 0.3 is 0 Å². The molecule has 2 fully saturated rings. The van der Waals surface area contributed by atoms with Crippen molar-refractivity contribution < 1.29 is 14.3 Å². The molecule has 0 aliphatic carbocycles. The van der Waals surface area contributed by atoms with Crippen LogP contribution in [-0.4, -0.2) is 49.4 Å². The minimum atomic E-state index is -0.418. The molecule has 22 heavy (non-hydrogen) atoms. The first-order valence-electron chi connectivity index (χ1n) is 7.72. The molecule has 0 radical (unpaired) electrons. The number of carbonyl (C=O) groups excluding carboxylic acids is 1. The molecule has 5 nitrogen and oxygen atoms in total. The summed E-state index contributed by atoms with van der Waals surface area (Å²) in [7, 11) is 0. The molecule has 2 aliphatic rings. The zero-order valence-corrected chi connectivity index (χ0v) is 13.3. The van der Waals surface area contributed by atoms with Gasteiger partial charge in [-0.1, -0.05) is 11.6 Å². The molecule has 120 valence electrons. The van der Waals surface area contributed by atoms with E-state index in [1.807, 2.05) is 29.2 Å². The number of piperidine rings is 1. The Hall–Kier alpha value is -1.30. The van der Waals surface area contributed by atoms with Gasteiger partial charge in [-0.2, -0.15) is 0 Å². The number of likely N-dealkylation sites (tertiary alicyclic amines) is 1. The second-order valence-electron chi connectivity index (χ2n) is 5.67. The standard InChI is InChI=1S/C16H21ClN2O3/c17-13-1-3-14(4-2-13)18-8-5-15(20)19-9-6-16(7-10-19)21-11-12-22-16/h1-4,18H,5-12H2. The van der Waals surface area contributed by atoms with Crippen LogP contribution in [0.4, 0.5) is 5.69 Å². The Balaban J connectivity index is 1.40. The molecule has 0 aromatic heterocycles. The fourth-order valence-corrected chi connectivity index (χ4v) is 3.05. The van der Waals surface area contributed by atoms with E-state index in [0.29, 0.717) is 44.3 Å². The lowest BCUT2D eigenvalue weighted by Gasteiger charge is -2.37. The predicted octanol–water partition coefficient (Wildman–Crippen LogP) is 2.51. The van der Waals surface area contributed by atoms with E-state index in [-0.39, 0.29) is 5.91 Å². The summed E-state index contributed by atoms with van der Waals surface area (Å²) in [6.45, 7) is 3.37. The number of anilines is 1. The number of hydrogen-bond acceptors (Lipinski definition) is 4. The van der Waals surface area contributed by atoms with Crippen molar-refractivity contribution in [3.8, 4) is 0 Å². The molecule has 2 heterocycles. The Kier molecular flexibility index (Phi) is 4.86. The summed E-state index contributed by atoms with van der Waals surface area (Å²) in [6.07, 6.45) is 2.02. The summed E-state index contributed by atoms with van der Waals surface area (Å²) in [5, 5.41) is 3.94. The van der Waals surface area contributed by atoms with E-state index >= 15 is 0 Å². The number of hydrogen-bond donors (Lipinski definition) is 1. The Morgan fingerprint density at radius 3 is 2.45 bits per heavy atom. The summed E-state index contributed by atoms with van der Waals surface area (Å²) in [6, 6.07) is 7.48. The van der Waals surface area contributed by atoms with Gasteiger partial charge in [0, 0.05) is 49.6 Å². The first kappa shape index (κ1) is 15.6. The minimum absolute atomic E-state index is 0.175. The highest BCUT2D eigenvalue weighted by atomic mass is 35.5. The van der Waals surface area contributed by atoms with Gasteiger partial charge in [0.05, 0.1) is 13.2 Å². The second kappa shape index (κ2) is 6.86. The number of carbonyl (C=O) groups is 1. The maximum Gasteiger partial charge on any atom is 0.224 e. The van der Waals surface area contributed by atoms with E-state index in [9.17, 15) is 4.79 Å². The lowest BCUT2D eigenvalue weighted by atomic mass is 10.0. The van der Waals surface area contributed by atoms with Gasteiger partial charge in [0.2, 0.25) is 5.91 Å². The third kappa shape index (κ3) is 3.72. The van der Waals surface area contributed by atoms with E-state index in [2.05, 4.69) is 5.32 Å². The fraction of sp³-hybridized carbons (Fsp3) is 0.562. The number of amides is 1. The van der Waals surface area contributed by atoms with Crippen molar-refractivity contribution in [3.63, 3.8) is 0 Å². The molecule has 1 N–H and O–H groups in total. The number of ether oxygens (including phenoxy) is 2. The quantitative estimate of drug-likeness (QED) is 0.924. The van der Waals surface area contributed by atoms with Crippen molar-refractivity contribution in [1.29, 1.82) is 0 Å². The minimum Gasteiger partial charge on any atom is -0.385 e.